The smallest absolute Gasteiger partial charge is 0.250 e. The van der Waals surface area contributed by atoms with Crippen LogP contribution in [0.4, 0.5) is 5.69 Å². The van der Waals surface area contributed by atoms with E-state index in [2.05, 4.69) is 5.32 Å². The zero-order chi connectivity index (χ0) is 13.1. The van der Waals surface area contributed by atoms with Crippen LogP contribution in [0.15, 0.2) is 24.3 Å². The molecule has 0 saturated carbocycles. The van der Waals surface area contributed by atoms with E-state index >= 15 is 0 Å². The highest BCUT2D eigenvalue weighted by molar-refractivity contribution is 6.03. The molecule has 2 unspecified atom stereocenters. The van der Waals surface area contributed by atoms with Crippen LogP contribution in [-0.4, -0.2) is 31.1 Å². The first kappa shape index (κ1) is 12.5. The predicted molar refractivity (Wildman–Crippen MR) is 65.9 cm³/mol. The van der Waals surface area contributed by atoms with E-state index in [1.807, 2.05) is 0 Å². The SMILES string of the molecule is NC(=O)c1ccccc1NC(=O)C1COCC1N. The van der Waals surface area contributed by atoms with Gasteiger partial charge in [-0.25, -0.2) is 0 Å². The summed E-state index contributed by atoms with van der Waals surface area (Å²) >= 11 is 0. The number of nitrogens with two attached hydrogens (primary N) is 2. The third kappa shape index (κ3) is 2.49. The molecule has 1 aliphatic heterocycles. The van der Waals surface area contributed by atoms with Gasteiger partial charge in [0, 0.05) is 6.04 Å². The zero-order valence-electron chi connectivity index (χ0n) is 9.76. The van der Waals surface area contributed by atoms with Gasteiger partial charge in [0.15, 0.2) is 0 Å². The fourth-order valence-corrected chi connectivity index (χ4v) is 1.87. The summed E-state index contributed by atoms with van der Waals surface area (Å²) in [5, 5.41) is 2.66. The van der Waals surface area contributed by atoms with Crippen molar-refractivity contribution in [3.63, 3.8) is 0 Å². The van der Waals surface area contributed by atoms with E-state index in [0.29, 0.717) is 18.9 Å². The van der Waals surface area contributed by atoms with E-state index in [9.17, 15) is 9.59 Å². The lowest BCUT2D eigenvalue weighted by Gasteiger charge is -2.14. The molecule has 6 heteroatoms. The molecule has 0 aromatic heterocycles. The summed E-state index contributed by atoms with van der Waals surface area (Å²) in [5.74, 6) is -1.24. The van der Waals surface area contributed by atoms with Crippen molar-refractivity contribution in [2.45, 2.75) is 6.04 Å². The molecule has 1 aromatic carbocycles. The number of para-hydroxylation sites is 1. The fourth-order valence-electron chi connectivity index (χ4n) is 1.87. The highest BCUT2D eigenvalue weighted by atomic mass is 16.5. The van der Waals surface area contributed by atoms with E-state index in [4.69, 9.17) is 16.2 Å². The molecule has 0 aliphatic carbocycles. The molecule has 18 heavy (non-hydrogen) atoms. The van der Waals surface area contributed by atoms with Crippen molar-refractivity contribution in [2.24, 2.45) is 17.4 Å². The van der Waals surface area contributed by atoms with E-state index in [-0.39, 0.29) is 17.5 Å². The summed E-state index contributed by atoms with van der Waals surface area (Å²) in [5.41, 5.74) is 11.7. The lowest BCUT2D eigenvalue weighted by molar-refractivity contribution is -0.120. The number of hydrogen-bond donors (Lipinski definition) is 3. The number of rotatable bonds is 3. The Labute approximate surface area is 104 Å². The standard InChI is InChI=1S/C12H15N3O3/c13-9-6-18-5-8(9)12(17)15-10-4-2-1-3-7(10)11(14)16/h1-4,8-9H,5-6,13H2,(H2,14,16)(H,15,17). The van der Waals surface area contributed by atoms with Crippen molar-refractivity contribution in [2.75, 3.05) is 18.5 Å². The second-order valence-corrected chi connectivity index (χ2v) is 4.21. The quantitative estimate of drug-likeness (QED) is 0.683. The Kier molecular flexibility index (Phi) is 3.59. The largest absolute Gasteiger partial charge is 0.379 e. The van der Waals surface area contributed by atoms with Gasteiger partial charge in [-0.15, -0.1) is 0 Å². The van der Waals surface area contributed by atoms with Gasteiger partial charge in [-0.05, 0) is 12.1 Å². The van der Waals surface area contributed by atoms with Gasteiger partial charge in [-0.3, -0.25) is 9.59 Å². The molecule has 5 N–H and O–H groups in total. The Morgan fingerprint density at radius 1 is 1.28 bits per heavy atom. The summed E-state index contributed by atoms with van der Waals surface area (Å²) < 4.78 is 5.13. The second kappa shape index (κ2) is 5.16. The minimum absolute atomic E-state index is 0.256. The monoisotopic (exact) mass is 249 g/mol. The van der Waals surface area contributed by atoms with Crippen LogP contribution in [0, 0.1) is 5.92 Å². The van der Waals surface area contributed by atoms with Crippen LogP contribution in [0.2, 0.25) is 0 Å². The van der Waals surface area contributed by atoms with Crippen molar-refractivity contribution >= 4 is 17.5 Å². The summed E-state index contributed by atoms with van der Waals surface area (Å²) in [4.78, 5) is 23.2. The van der Waals surface area contributed by atoms with Gasteiger partial charge in [-0.2, -0.15) is 0 Å². The van der Waals surface area contributed by atoms with Crippen LogP contribution < -0.4 is 16.8 Å². The van der Waals surface area contributed by atoms with Crippen molar-refractivity contribution in [3.05, 3.63) is 29.8 Å². The Hall–Kier alpha value is -1.92. The molecule has 0 radical (unpaired) electrons. The minimum atomic E-state index is -0.585. The maximum Gasteiger partial charge on any atom is 0.250 e. The number of amides is 2. The highest BCUT2D eigenvalue weighted by Gasteiger charge is 2.31. The molecule has 2 rings (SSSR count). The number of ether oxygens (including phenoxy) is 1. The molecule has 0 spiro atoms. The average Bonchev–Trinajstić information content (AvgIpc) is 2.76. The summed E-state index contributed by atoms with van der Waals surface area (Å²) in [7, 11) is 0. The lowest BCUT2D eigenvalue weighted by atomic mass is 10.0. The number of carbonyl (C=O) groups is 2. The zero-order valence-corrected chi connectivity index (χ0v) is 9.76. The average molecular weight is 249 g/mol. The molecule has 2 amide bonds. The predicted octanol–water partition coefficient (Wildman–Crippen LogP) is -0.302. The molecular weight excluding hydrogens is 234 g/mol. The summed E-state index contributed by atoms with van der Waals surface area (Å²) in [6.45, 7) is 0.668. The van der Waals surface area contributed by atoms with Crippen molar-refractivity contribution in [1.82, 2.24) is 0 Å². The highest BCUT2D eigenvalue weighted by Crippen LogP contribution is 2.18. The van der Waals surface area contributed by atoms with E-state index in [1.54, 1.807) is 24.3 Å². The van der Waals surface area contributed by atoms with Gasteiger partial charge >= 0.3 is 0 Å². The number of nitrogens with one attached hydrogen (secondary N) is 1. The van der Waals surface area contributed by atoms with E-state index in [1.165, 1.54) is 0 Å². The topological polar surface area (TPSA) is 107 Å². The third-order valence-corrected chi connectivity index (χ3v) is 2.91. The van der Waals surface area contributed by atoms with Crippen LogP contribution in [0.25, 0.3) is 0 Å². The van der Waals surface area contributed by atoms with Gasteiger partial charge in [0.25, 0.3) is 5.91 Å². The first-order valence-electron chi connectivity index (χ1n) is 5.62. The first-order chi connectivity index (χ1) is 8.59. The van der Waals surface area contributed by atoms with E-state index in [0.717, 1.165) is 0 Å². The summed E-state index contributed by atoms with van der Waals surface area (Å²) in [6, 6.07) is 6.26. The molecule has 96 valence electrons. The normalized spacial score (nSPS) is 22.7. The number of primary amides is 1. The summed E-state index contributed by atoms with van der Waals surface area (Å²) in [6.07, 6.45) is 0. The van der Waals surface area contributed by atoms with Crippen LogP contribution >= 0.6 is 0 Å². The van der Waals surface area contributed by atoms with Gasteiger partial charge < -0.3 is 21.5 Å². The maximum atomic E-state index is 12.0. The molecule has 1 aliphatic rings. The van der Waals surface area contributed by atoms with Crippen LogP contribution in [0.5, 0.6) is 0 Å². The molecule has 6 nitrogen and oxygen atoms in total. The molecule has 1 saturated heterocycles. The van der Waals surface area contributed by atoms with Crippen LogP contribution in [0.1, 0.15) is 10.4 Å². The van der Waals surface area contributed by atoms with Gasteiger partial charge in [0.1, 0.15) is 0 Å². The number of benzene rings is 1. The van der Waals surface area contributed by atoms with Gasteiger partial charge in [0.05, 0.1) is 30.4 Å². The molecule has 1 fully saturated rings. The fraction of sp³-hybridized carbons (Fsp3) is 0.333. The molecular formula is C12H15N3O3. The Morgan fingerprint density at radius 3 is 2.61 bits per heavy atom. The van der Waals surface area contributed by atoms with Gasteiger partial charge in [0.2, 0.25) is 5.91 Å². The Morgan fingerprint density at radius 2 is 2.00 bits per heavy atom. The number of anilines is 1. The molecule has 1 aromatic rings. The van der Waals surface area contributed by atoms with Crippen molar-refractivity contribution in [1.29, 1.82) is 0 Å². The lowest BCUT2D eigenvalue weighted by Crippen LogP contribution is -2.37. The molecule has 0 bridgehead atoms. The Bertz CT molecular complexity index is 475. The van der Waals surface area contributed by atoms with Gasteiger partial charge in [-0.1, -0.05) is 12.1 Å². The van der Waals surface area contributed by atoms with Crippen LogP contribution in [0.3, 0.4) is 0 Å². The van der Waals surface area contributed by atoms with Crippen LogP contribution in [-0.2, 0) is 9.53 Å². The molecule has 1 heterocycles. The first-order valence-corrected chi connectivity index (χ1v) is 5.62. The van der Waals surface area contributed by atoms with Crippen molar-refractivity contribution < 1.29 is 14.3 Å². The Balaban J connectivity index is 2.14. The number of hydrogen-bond acceptors (Lipinski definition) is 4. The molecule has 2 atom stereocenters. The second-order valence-electron chi connectivity index (χ2n) is 4.21. The van der Waals surface area contributed by atoms with E-state index < -0.39 is 11.8 Å². The minimum Gasteiger partial charge on any atom is -0.379 e. The number of carbonyl (C=O) groups excluding carboxylic acids is 2. The van der Waals surface area contributed by atoms with Crippen molar-refractivity contribution in [3.8, 4) is 0 Å². The third-order valence-electron chi connectivity index (χ3n) is 2.91. The maximum absolute atomic E-state index is 12.0.